The first-order valence-electron chi connectivity index (χ1n) is 8.16. The van der Waals surface area contributed by atoms with E-state index in [1.165, 1.54) is 0 Å². The number of carbonyl (C=O) groups excluding carboxylic acids is 1. The molecule has 0 spiro atoms. The highest BCUT2D eigenvalue weighted by Crippen LogP contribution is 2.23. The SMILES string of the molecule is CO[C@@H]1CCN(c2ccc(NC(=O)/C=C/c3ccccc3)cc2)C1. The fourth-order valence-corrected chi connectivity index (χ4v) is 2.83. The van der Waals surface area contributed by atoms with Crippen molar-refractivity contribution in [3.05, 3.63) is 66.2 Å². The number of rotatable bonds is 5. The molecule has 0 unspecified atom stereocenters. The Morgan fingerprint density at radius 3 is 2.58 bits per heavy atom. The molecule has 4 nitrogen and oxygen atoms in total. The molecule has 1 aliphatic heterocycles. The van der Waals surface area contributed by atoms with Gasteiger partial charge >= 0.3 is 0 Å². The number of carbonyl (C=O) groups is 1. The van der Waals surface area contributed by atoms with E-state index in [9.17, 15) is 4.79 Å². The average Bonchev–Trinajstić information content (AvgIpc) is 3.11. The number of anilines is 2. The molecule has 0 saturated carbocycles. The zero-order chi connectivity index (χ0) is 16.8. The molecule has 1 fully saturated rings. The van der Waals surface area contributed by atoms with Crippen LogP contribution in [0.3, 0.4) is 0 Å². The predicted octanol–water partition coefficient (Wildman–Crippen LogP) is 3.56. The second-order valence-electron chi connectivity index (χ2n) is 5.87. The van der Waals surface area contributed by atoms with Crippen molar-refractivity contribution in [2.45, 2.75) is 12.5 Å². The third kappa shape index (κ3) is 4.24. The van der Waals surface area contributed by atoms with Crippen molar-refractivity contribution in [3.8, 4) is 0 Å². The van der Waals surface area contributed by atoms with Gasteiger partial charge in [0.2, 0.25) is 5.91 Å². The maximum Gasteiger partial charge on any atom is 0.248 e. The molecular formula is C20H22N2O2. The van der Waals surface area contributed by atoms with Crippen LogP contribution in [0.2, 0.25) is 0 Å². The average molecular weight is 322 g/mol. The molecule has 0 aromatic heterocycles. The van der Waals surface area contributed by atoms with Crippen LogP contribution in [-0.4, -0.2) is 32.2 Å². The van der Waals surface area contributed by atoms with Crippen LogP contribution >= 0.6 is 0 Å². The van der Waals surface area contributed by atoms with Gasteiger partial charge in [-0.2, -0.15) is 0 Å². The van der Waals surface area contributed by atoms with Gasteiger partial charge in [-0.15, -0.1) is 0 Å². The number of benzene rings is 2. The van der Waals surface area contributed by atoms with Crippen molar-refractivity contribution < 1.29 is 9.53 Å². The Hall–Kier alpha value is -2.59. The van der Waals surface area contributed by atoms with Gasteiger partial charge in [0.15, 0.2) is 0 Å². The summed E-state index contributed by atoms with van der Waals surface area (Å²) in [6.07, 6.45) is 4.72. The number of hydrogen-bond acceptors (Lipinski definition) is 3. The summed E-state index contributed by atoms with van der Waals surface area (Å²) in [7, 11) is 1.76. The molecule has 0 bridgehead atoms. The summed E-state index contributed by atoms with van der Waals surface area (Å²) < 4.78 is 5.40. The maximum absolute atomic E-state index is 12.0. The molecule has 24 heavy (non-hydrogen) atoms. The summed E-state index contributed by atoms with van der Waals surface area (Å²) in [5.41, 5.74) is 2.96. The molecular weight excluding hydrogens is 300 g/mol. The van der Waals surface area contributed by atoms with Gasteiger partial charge < -0.3 is 15.0 Å². The van der Waals surface area contributed by atoms with Crippen LogP contribution in [0.25, 0.3) is 6.08 Å². The van der Waals surface area contributed by atoms with Crippen molar-refractivity contribution in [1.82, 2.24) is 0 Å². The highest BCUT2D eigenvalue weighted by Gasteiger charge is 2.21. The van der Waals surface area contributed by atoms with Crippen molar-refractivity contribution in [1.29, 1.82) is 0 Å². The van der Waals surface area contributed by atoms with Crippen LogP contribution < -0.4 is 10.2 Å². The van der Waals surface area contributed by atoms with Gasteiger partial charge in [-0.05, 0) is 42.3 Å². The normalized spacial score (nSPS) is 17.4. The van der Waals surface area contributed by atoms with E-state index in [-0.39, 0.29) is 5.91 Å². The van der Waals surface area contributed by atoms with Gasteiger partial charge in [-0.3, -0.25) is 4.79 Å². The minimum Gasteiger partial charge on any atom is -0.380 e. The first kappa shape index (κ1) is 16.3. The molecule has 0 aliphatic carbocycles. The van der Waals surface area contributed by atoms with Gasteiger partial charge in [-0.25, -0.2) is 0 Å². The molecule has 1 atom stereocenters. The van der Waals surface area contributed by atoms with Crippen molar-refractivity contribution in [3.63, 3.8) is 0 Å². The molecule has 124 valence electrons. The lowest BCUT2D eigenvalue weighted by molar-refractivity contribution is -0.111. The minimum atomic E-state index is -0.132. The molecule has 1 N–H and O–H groups in total. The van der Waals surface area contributed by atoms with Crippen molar-refractivity contribution in [2.24, 2.45) is 0 Å². The lowest BCUT2D eigenvalue weighted by Crippen LogP contribution is -2.22. The first-order valence-corrected chi connectivity index (χ1v) is 8.16. The van der Waals surface area contributed by atoms with E-state index in [2.05, 4.69) is 10.2 Å². The molecule has 0 radical (unpaired) electrons. The Morgan fingerprint density at radius 2 is 1.92 bits per heavy atom. The lowest BCUT2D eigenvalue weighted by Gasteiger charge is -2.18. The minimum absolute atomic E-state index is 0.132. The highest BCUT2D eigenvalue weighted by molar-refractivity contribution is 6.02. The first-order chi connectivity index (χ1) is 11.7. The smallest absolute Gasteiger partial charge is 0.248 e. The third-order valence-electron chi connectivity index (χ3n) is 4.21. The van der Waals surface area contributed by atoms with Crippen molar-refractivity contribution in [2.75, 3.05) is 30.4 Å². The molecule has 1 saturated heterocycles. The quantitative estimate of drug-likeness (QED) is 0.856. The van der Waals surface area contributed by atoms with Gasteiger partial charge in [0, 0.05) is 37.7 Å². The molecule has 1 aliphatic rings. The van der Waals surface area contributed by atoms with E-state index < -0.39 is 0 Å². The van der Waals surface area contributed by atoms with E-state index in [1.54, 1.807) is 19.3 Å². The number of hydrogen-bond donors (Lipinski definition) is 1. The number of nitrogens with one attached hydrogen (secondary N) is 1. The van der Waals surface area contributed by atoms with Crippen LogP contribution in [0.5, 0.6) is 0 Å². The van der Waals surface area contributed by atoms with Crippen LogP contribution in [0, 0.1) is 0 Å². The molecule has 1 amide bonds. The lowest BCUT2D eigenvalue weighted by atomic mass is 10.2. The summed E-state index contributed by atoms with van der Waals surface area (Å²) in [5.74, 6) is -0.132. The number of ether oxygens (including phenoxy) is 1. The summed E-state index contributed by atoms with van der Waals surface area (Å²) in [5, 5.41) is 2.88. The fourth-order valence-electron chi connectivity index (χ4n) is 2.83. The van der Waals surface area contributed by atoms with E-state index >= 15 is 0 Å². The predicted molar refractivity (Wildman–Crippen MR) is 98.2 cm³/mol. The Balaban J connectivity index is 1.56. The third-order valence-corrected chi connectivity index (χ3v) is 4.21. The summed E-state index contributed by atoms with van der Waals surface area (Å²) in [4.78, 5) is 14.3. The number of methoxy groups -OCH3 is 1. The second-order valence-corrected chi connectivity index (χ2v) is 5.87. The zero-order valence-corrected chi connectivity index (χ0v) is 13.8. The Bertz CT molecular complexity index is 695. The highest BCUT2D eigenvalue weighted by atomic mass is 16.5. The largest absolute Gasteiger partial charge is 0.380 e. The Morgan fingerprint density at radius 1 is 1.17 bits per heavy atom. The number of nitrogens with zero attached hydrogens (tertiary/aromatic N) is 1. The van der Waals surface area contributed by atoms with Gasteiger partial charge in [0.05, 0.1) is 6.10 Å². The Kier molecular flexibility index (Phi) is 5.29. The topological polar surface area (TPSA) is 41.6 Å². The van der Waals surface area contributed by atoms with Gasteiger partial charge in [0.25, 0.3) is 0 Å². The van der Waals surface area contributed by atoms with E-state index in [1.807, 2.05) is 54.6 Å². The number of amides is 1. The standard InChI is InChI=1S/C20H22N2O2/c1-24-19-13-14-22(15-19)18-10-8-17(9-11-18)21-20(23)12-7-16-5-3-2-4-6-16/h2-12,19H,13-15H2,1H3,(H,21,23)/b12-7+/t19-/m1/s1. The van der Waals surface area contributed by atoms with Crippen molar-refractivity contribution >= 4 is 23.4 Å². The zero-order valence-electron chi connectivity index (χ0n) is 13.8. The maximum atomic E-state index is 12.0. The summed E-state index contributed by atoms with van der Waals surface area (Å²) in [6.45, 7) is 1.92. The molecule has 1 heterocycles. The molecule has 2 aromatic carbocycles. The Labute approximate surface area is 142 Å². The van der Waals surface area contributed by atoms with E-state index in [0.29, 0.717) is 6.10 Å². The van der Waals surface area contributed by atoms with Crippen LogP contribution in [0.1, 0.15) is 12.0 Å². The van der Waals surface area contributed by atoms with Crippen LogP contribution in [-0.2, 0) is 9.53 Å². The summed E-state index contributed by atoms with van der Waals surface area (Å²) in [6, 6.07) is 17.7. The van der Waals surface area contributed by atoms with E-state index in [0.717, 1.165) is 36.4 Å². The fraction of sp³-hybridized carbons (Fsp3) is 0.250. The summed E-state index contributed by atoms with van der Waals surface area (Å²) >= 11 is 0. The monoisotopic (exact) mass is 322 g/mol. The van der Waals surface area contributed by atoms with Crippen LogP contribution in [0.4, 0.5) is 11.4 Å². The van der Waals surface area contributed by atoms with E-state index in [4.69, 9.17) is 4.74 Å². The van der Waals surface area contributed by atoms with Gasteiger partial charge in [0.1, 0.15) is 0 Å². The molecule has 2 aromatic rings. The molecule has 3 rings (SSSR count). The second kappa shape index (κ2) is 7.79. The van der Waals surface area contributed by atoms with Gasteiger partial charge in [-0.1, -0.05) is 30.3 Å². The molecule has 4 heteroatoms. The van der Waals surface area contributed by atoms with Crippen LogP contribution in [0.15, 0.2) is 60.7 Å².